The van der Waals surface area contributed by atoms with Crippen LogP contribution in [0.2, 0.25) is 0 Å². The van der Waals surface area contributed by atoms with Crippen LogP contribution in [0.4, 0.5) is 5.82 Å². The molecule has 0 spiro atoms. The Bertz CT molecular complexity index is 3530. The Morgan fingerprint density at radius 1 is 0.744 bits per heavy atom. The van der Waals surface area contributed by atoms with Crippen LogP contribution in [0, 0.1) is 11.3 Å². The van der Waals surface area contributed by atoms with E-state index in [-0.39, 0.29) is 74.7 Å². The van der Waals surface area contributed by atoms with Gasteiger partial charge in [0, 0.05) is 49.2 Å². The molecular weight excluding hydrogens is 1110 g/mol. The number of anilines is 1. The zero-order chi connectivity index (χ0) is 60.2. The first-order valence-corrected chi connectivity index (χ1v) is 30.3. The number of imidazole rings is 1. The summed E-state index contributed by atoms with van der Waals surface area (Å²) in [6.45, 7) is 8.85. The third-order valence-electron chi connectivity index (χ3n) is 15.7. The Labute approximate surface area is 503 Å². The fourth-order valence-corrected chi connectivity index (χ4v) is 13.3. The number of fused-ring (bicyclic) bond motifs is 4. The molecule has 3 heterocycles. The number of ether oxygens (including phenoxy) is 5. The number of carbonyl (C=O) groups excluding carboxylic acids is 3. The summed E-state index contributed by atoms with van der Waals surface area (Å²) in [5.41, 5.74) is 8.12. The van der Waals surface area contributed by atoms with Crippen LogP contribution < -0.4 is 14.8 Å². The molecule has 2 aromatic heterocycles. The van der Waals surface area contributed by atoms with Crippen LogP contribution in [0.3, 0.4) is 0 Å². The summed E-state index contributed by atoms with van der Waals surface area (Å²) in [7, 11) is 1.55. The molecule has 1 saturated heterocycles. The number of carbonyl (C=O) groups is 3. The monoisotopic (exact) mass is 1180 g/mol. The number of ketones is 1. The quantitative estimate of drug-likeness (QED) is 0.0210. The molecule has 1 amide bonds. The van der Waals surface area contributed by atoms with Crippen LogP contribution in [0.5, 0.6) is 11.5 Å². The summed E-state index contributed by atoms with van der Waals surface area (Å²) < 4.78 is 49.0. The number of Topliss-reactive ketones (excluding diaryl/α,β-unsaturated/α-hetero) is 1. The second-order valence-electron chi connectivity index (χ2n) is 21.9. The van der Waals surface area contributed by atoms with E-state index in [4.69, 9.17) is 37.7 Å². The fraction of sp³-hybridized carbons (Fsp3) is 0.338. The van der Waals surface area contributed by atoms with Gasteiger partial charge in [-0.3, -0.25) is 19.0 Å². The minimum absolute atomic E-state index is 0.0160. The number of esters is 1. The van der Waals surface area contributed by atoms with Crippen molar-refractivity contribution in [2.24, 2.45) is 0 Å². The van der Waals surface area contributed by atoms with E-state index in [2.05, 4.69) is 78.0 Å². The van der Waals surface area contributed by atoms with Crippen molar-refractivity contribution in [3.63, 3.8) is 0 Å². The van der Waals surface area contributed by atoms with Gasteiger partial charge in [0.25, 0.3) is 14.4 Å². The second-order valence-corrected chi connectivity index (χ2v) is 23.3. The summed E-state index contributed by atoms with van der Waals surface area (Å²) in [5, 5.41) is 12.5. The normalized spacial score (nSPS) is 16.0. The average Bonchev–Trinajstić information content (AvgIpc) is 2.60. The number of methoxy groups -OCH3 is 2. The summed E-state index contributed by atoms with van der Waals surface area (Å²) in [4.78, 5) is 53.5. The summed E-state index contributed by atoms with van der Waals surface area (Å²) in [6, 6.07) is 51.5. The van der Waals surface area contributed by atoms with Gasteiger partial charge >= 0.3 is 5.97 Å². The highest BCUT2D eigenvalue weighted by Gasteiger charge is 2.45. The minimum Gasteiger partial charge on any atom is -0.497 e. The zero-order valence-electron chi connectivity index (χ0n) is 49.3. The van der Waals surface area contributed by atoms with Crippen LogP contribution >= 0.6 is 8.53 Å². The second kappa shape index (κ2) is 28.3. The molecule has 444 valence electrons. The van der Waals surface area contributed by atoms with Crippen molar-refractivity contribution in [2.75, 3.05) is 39.4 Å². The first kappa shape index (κ1) is 60.9. The lowest BCUT2D eigenvalue weighted by Crippen LogP contribution is -2.39. The predicted molar refractivity (Wildman–Crippen MR) is 328 cm³/mol. The summed E-state index contributed by atoms with van der Waals surface area (Å²) in [6.07, 6.45) is 3.19. The van der Waals surface area contributed by atoms with Gasteiger partial charge in [0.1, 0.15) is 48.1 Å². The third kappa shape index (κ3) is 13.7. The summed E-state index contributed by atoms with van der Waals surface area (Å²) >= 11 is 0. The highest BCUT2D eigenvalue weighted by atomic mass is 31.2. The average molecular weight is 1180 g/mol. The largest absolute Gasteiger partial charge is 0.497 e. The number of aromatic nitrogens is 4. The van der Waals surface area contributed by atoms with E-state index in [1.807, 2.05) is 120 Å². The van der Waals surface area contributed by atoms with Crippen LogP contribution in [0.25, 0.3) is 22.3 Å². The van der Waals surface area contributed by atoms with Crippen LogP contribution in [0.15, 0.2) is 164 Å². The van der Waals surface area contributed by atoms with Gasteiger partial charge in [-0.25, -0.2) is 19.6 Å². The molecule has 1 N–H and O–H groups in total. The zero-order valence-corrected chi connectivity index (χ0v) is 50.2. The van der Waals surface area contributed by atoms with Crippen LogP contribution in [0.1, 0.15) is 122 Å². The number of nitrogens with one attached hydrogen (secondary N) is 1. The van der Waals surface area contributed by atoms with Crippen molar-refractivity contribution in [1.29, 1.82) is 5.26 Å². The number of hydrogen-bond acceptors (Lipinski definition) is 15. The Balaban J connectivity index is 0.818. The maximum atomic E-state index is 13.9. The molecule has 6 aromatic carbocycles. The van der Waals surface area contributed by atoms with E-state index >= 15 is 0 Å². The van der Waals surface area contributed by atoms with Gasteiger partial charge in [-0.15, -0.1) is 0 Å². The highest BCUT2D eigenvalue weighted by Crippen LogP contribution is 2.51. The van der Waals surface area contributed by atoms with E-state index in [9.17, 15) is 19.6 Å². The van der Waals surface area contributed by atoms with Gasteiger partial charge in [-0.05, 0) is 121 Å². The topological polar surface area (TPSA) is 198 Å². The van der Waals surface area contributed by atoms with E-state index < -0.39 is 38.5 Å². The number of benzene rings is 6. The molecule has 1 aliphatic heterocycles. The lowest BCUT2D eigenvalue weighted by Gasteiger charge is -2.39. The van der Waals surface area contributed by atoms with Gasteiger partial charge < -0.3 is 38.0 Å². The van der Waals surface area contributed by atoms with Crippen LogP contribution in [-0.4, -0.2) is 100 Å². The molecule has 8 aromatic rings. The number of aryl methyl sites for hydroxylation is 1. The number of rotatable bonds is 28. The smallest absolute Gasteiger partial charge is 0.305 e. The maximum absolute atomic E-state index is 13.9. The number of nitriles is 1. The van der Waals surface area contributed by atoms with Crippen molar-refractivity contribution in [3.05, 3.63) is 203 Å². The molecule has 2 aliphatic rings. The van der Waals surface area contributed by atoms with Crippen molar-refractivity contribution < 1.29 is 47.1 Å². The molecule has 0 bridgehead atoms. The molecule has 1 unspecified atom stereocenters. The molecule has 1 aliphatic carbocycles. The third-order valence-corrected chi connectivity index (χ3v) is 17.9. The molecule has 0 saturated carbocycles. The molecule has 18 heteroatoms. The standard InChI is InChI=1S/C68H72N7O10P/c1-45(2)75(46(3)4)86(83-39-15-38-69)85-60-40-62(84-61(60)42-82-68(49-16-8-7-9-17-49,50-29-34-53(79-5)35-30-50)51-31-36-54(80-6)37-32-51)74-44-72-64-65(70-43-71-66(64)74)73-67(78)48-27-24-47(25-28-48)26-33-52(76)18-14-23-63(77)81-41-59-57-21-12-10-19-55(57)56-20-11-13-22-58(56)59/h7-13,16-17,19-22,24-25,27-32,34-37,43-46,59-62H,14-15,18,23,26,33,39-42H2,1-6H3,(H,70,71,73,78)/t60-,61-,62-,86?/m1/s1. The Hall–Kier alpha value is -8.20. The van der Waals surface area contributed by atoms with Gasteiger partial charge in [0.2, 0.25) is 0 Å². The Kier molecular flexibility index (Phi) is 20.1. The van der Waals surface area contributed by atoms with Gasteiger partial charge in [-0.1, -0.05) is 115 Å². The molecule has 10 rings (SSSR count). The number of hydrogen-bond donors (Lipinski definition) is 1. The molecule has 4 atom stereocenters. The summed E-state index contributed by atoms with van der Waals surface area (Å²) in [5.74, 6) is 0.918. The lowest BCUT2D eigenvalue weighted by atomic mass is 9.80. The first-order valence-electron chi connectivity index (χ1n) is 29.2. The van der Waals surface area contributed by atoms with Crippen molar-refractivity contribution in [1.82, 2.24) is 24.2 Å². The van der Waals surface area contributed by atoms with Crippen molar-refractivity contribution in [2.45, 2.75) is 115 Å². The fourth-order valence-electron chi connectivity index (χ4n) is 11.5. The van der Waals surface area contributed by atoms with E-state index in [0.29, 0.717) is 53.9 Å². The SMILES string of the molecule is COc1ccc(C(OC[C@H]2O[C@@H](n3cnc4c(NC(=O)c5ccc(CCC(=O)CCCC(=O)OCC6c7ccccc7-c7ccccc76)cc5)ncnc43)C[C@H]2OP(OCCC#N)N(C(C)C)C(C)C)(c2ccccc2)c2ccc(OC)cc2)cc1. The molecular formula is C68H72N7O10P. The van der Waals surface area contributed by atoms with E-state index in [1.54, 1.807) is 32.7 Å². The molecule has 0 radical (unpaired) electrons. The van der Waals surface area contributed by atoms with Gasteiger partial charge in [0.15, 0.2) is 17.0 Å². The Morgan fingerprint density at radius 2 is 1.36 bits per heavy atom. The molecule has 1 fully saturated rings. The maximum Gasteiger partial charge on any atom is 0.305 e. The van der Waals surface area contributed by atoms with Gasteiger partial charge in [-0.2, -0.15) is 5.26 Å². The minimum atomic E-state index is -1.72. The highest BCUT2D eigenvalue weighted by molar-refractivity contribution is 7.44. The van der Waals surface area contributed by atoms with Crippen molar-refractivity contribution >= 4 is 43.2 Å². The Morgan fingerprint density at radius 3 is 1.98 bits per heavy atom. The van der Waals surface area contributed by atoms with Gasteiger partial charge in [0.05, 0.1) is 52.4 Å². The first-order chi connectivity index (χ1) is 41.9. The molecule has 17 nitrogen and oxygen atoms in total. The number of amides is 1. The van der Waals surface area contributed by atoms with E-state index in [0.717, 1.165) is 33.4 Å². The molecule has 86 heavy (non-hydrogen) atoms. The van der Waals surface area contributed by atoms with Crippen LogP contribution in [-0.2, 0) is 44.9 Å². The van der Waals surface area contributed by atoms with Crippen molar-refractivity contribution in [3.8, 4) is 28.7 Å². The predicted octanol–water partition coefficient (Wildman–Crippen LogP) is 13.1. The lowest BCUT2D eigenvalue weighted by molar-refractivity contribution is -0.144. The number of nitrogens with zero attached hydrogens (tertiary/aromatic N) is 6. The van der Waals surface area contributed by atoms with E-state index in [1.165, 1.54) is 17.5 Å².